The number of nitrogens with zero attached hydrogens (tertiary/aromatic N) is 1. The zero-order valence-corrected chi connectivity index (χ0v) is 19.2. The summed E-state index contributed by atoms with van der Waals surface area (Å²) in [5.41, 5.74) is 2.30. The Hall–Kier alpha value is -2.95. The summed E-state index contributed by atoms with van der Waals surface area (Å²) >= 11 is 6.21. The predicted octanol–water partition coefficient (Wildman–Crippen LogP) is 5.78. The van der Waals surface area contributed by atoms with E-state index in [4.69, 9.17) is 11.6 Å². The van der Waals surface area contributed by atoms with E-state index in [9.17, 15) is 14.7 Å². The van der Waals surface area contributed by atoms with Crippen LogP contribution < -0.4 is 4.90 Å². The molecule has 0 spiro atoms. The molecule has 164 valence electrons. The van der Waals surface area contributed by atoms with Gasteiger partial charge in [-0.3, -0.25) is 9.59 Å². The number of ketones is 1. The van der Waals surface area contributed by atoms with Crippen LogP contribution in [0.4, 0.5) is 5.69 Å². The molecule has 1 amide bonds. The molecule has 0 unspecified atom stereocenters. The van der Waals surface area contributed by atoms with E-state index in [0.29, 0.717) is 28.4 Å². The number of rotatable bonds is 6. The number of halogens is 1. The molecular weight excluding hydrogens is 422 g/mol. The molecule has 1 atom stereocenters. The minimum absolute atomic E-state index is 0.263. The van der Waals surface area contributed by atoms with Gasteiger partial charge in [0, 0.05) is 16.1 Å². The second-order valence-electron chi connectivity index (χ2n) is 8.73. The number of carbonyl (C=O) groups excluding carboxylic acids is 2. The van der Waals surface area contributed by atoms with E-state index in [1.165, 1.54) is 4.90 Å². The first kappa shape index (κ1) is 22.3. The fraction of sp³-hybridized carbons (Fsp3) is 0.259. The summed E-state index contributed by atoms with van der Waals surface area (Å²) in [5, 5.41) is 12.0. The van der Waals surface area contributed by atoms with Crippen molar-refractivity contribution in [3.8, 4) is 0 Å². The van der Waals surface area contributed by atoms with Crippen LogP contribution in [0.2, 0.25) is 5.02 Å². The number of aliphatic hydroxyl groups is 1. The lowest BCUT2D eigenvalue weighted by atomic mass is 9.86. The second-order valence-corrected chi connectivity index (χ2v) is 9.16. The zero-order valence-electron chi connectivity index (χ0n) is 18.4. The summed E-state index contributed by atoms with van der Waals surface area (Å²) in [6.07, 6.45) is -0.340. The first-order valence-corrected chi connectivity index (χ1v) is 11.1. The van der Waals surface area contributed by atoms with Crippen molar-refractivity contribution in [3.05, 3.63) is 99.6 Å². The Morgan fingerprint density at radius 1 is 1.06 bits per heavy atom. The number of benzene rings is 3. The standard InChI is InChI=1S/C27H26ClNO3/c1-17(2)20-10-9-18(3)22(13-20)25(30)15-27(32)23-14-21(28)11-12-24(23)29(26(27)31)16-19-7-5-4-6-8-19/h4-14,17,32H,15-16H2,1-3H3/t27-/m1/s1. The summed E-state index contributed by atoms with van der Waals surface area (Å²) in [7, 11) is 0. The molecule has 0 saturated heterocycles. The minimum Gasteiger partial charge on any atom is -0.375 e. The predicted molar refractivity (Wildman–Crippen MR) is 127 cm³/mol. The second kappa shape index (κ2) is 8.53. The van der Waals surface area contributed by atoms with Crippen molar-refractivity contribution in [3.63, 3.8) is 0 Å². The average Bonchev–Trinajstić information content (AvgIpc) is 2.96. The van der Waals surface area contributed by atoms with Crippen LogP contribution in [-0.2, 0) is 16.9 Å². The summed E-state index contributed by atoms with van der Waals surface area (Å²) in [6, 6.07) is 20.3. The summed E-state index contributed by atoms with van der Waals surface area (Å²) < 4.78 is 0. The van der Waals surface area contributed by atoms with Crippen molar-refractivity contribution in [2.45, 2.75) is 45.3 Å². The number of Topliss-reactive ketones (excluding diaryl/α,β-unsaturated/α-hetero) is 1. The van der Waals surface area contributed by atoms with Gasteiger partial charge in [0.2, 0.25) is 0 Å². The van der Waals surface area contributed by atoms with Gasteiger partial charge in [0.1, 0.15) is 0 Å². The molecule has 0 saturated carbocycles. The lowest BCUT2D eigenvalue weighted by Crippen LogP contribution is -2.41. The van der Waals surface area contributed by atoms with Crippen LogP contribution in [0.25, 0.3) is 0 Å². The number of anilines is 1. The minimum atomic E-state index is -1.97. The van der Waals surface area contributed by atoms with Crippen LogP contribution in [0.3, 0.4) is 0 Å². The monoisotopic (exact) mass is 447 g/mol. The van der Waals surface area contributed by atoms with Crippen molar-refractivity contribution in [1.29, 1.82) is 0 Å². The van der Waals surface area contributed by atoms with Gasteiger partial charge in [-0.05, 0) is 53.8 Å². The van der Waals surface area contributed by atoms with Crippen molar-refractivity contribution >= 4 is 29.0 Å². The van der Waals surface area contributed by atoms with Gasteiger partial charge in [-0.15, -0.1) is 0 Å². The topological polar surface area (TPSA) is 57.6 Å². The fourth-order valence-electron chi connectivity index (χ4n) is 4.24. The van der Waals surface area contributed by atoms with Crippen molar-refractivity contribution in [2.75, 3.05) is 4.90 Å². The lowest BCUT2D eigenvalue weighted by Gasteiger charge is -2.23. The van der Waals surface area contributed by atoms with Gasteiger partial charge in [-0.25, -0.2) is 0 Å². The van der Waals surface area contributed by atoms with Crippen molar-refractivity contribution < 1.29 is 14.7 Å². The molecule has 1 N–H and O–H groups in total. The SMILES string of the molecule is Cc1ccc(C(C)C)cc1C(=O)C[C@]1(O)C(=O)N(Cc2ccccc2)c2ccc(Cl)cc21. The number of carbonyl (C=O) groups is 2. The summed E-state index contributed by atoms with van der Waals surface area (Å²) in [4.78, 5) is 28.4. The van der Waals surface area contributed by atoms with Gasteiger partial charge in [-0.1, -0.05) is 67.9 Å². The van der Waals surface area contributed by atoms with Crippen LogP contribution in [0.5, 0.6) is 0 Å². The largest absolute Gasteiger partial charge is 0.375 e. The number of aryl methyl sites for hydroxylation is 1. The van der Waals surface area contributed by atoms with Crippen molar-refractivity contribution in [2.24, 2.45) is 0 Å². The number of fused-ring (bicyclic) bond motifs is 1. The average molecular weight is 448 g/mol. The van der Waals surface area contributed by atoms with Gasteiger partial charge in [-0.2, -0.15) is 0 Å². The highest BCUT2D eigenvalue weighted by atomic mass is 35.5. The van der Waals surface area contributed by atoms with E-state index in [2.05, 4.69) is 13.8 Å². The highest BCUT2D eigenvalue weighted by Gasteiger charge is 2.51. The van der Waals surface area contributed by atoms with E-state index in [1.807, 2.05) is 55.5 Å². The van der Waals surface area contributed by atoms with Gasteiger partial charge < -0.3 is 10.0 Å². The Morgan fingerprint density at radius 3 is 2.47 bits per heavy atom. The molecule has 1 aliphatic heterocycles. The molecular formula is C27H26ClNO3. The maximum atomic E-state index is 13.5. The smallest absolute Gasteiger partial charge is 0.264 e. The van der Waals surface area contributed by atoms with E-state index in [0.717, 1.165) is 16.7 Å². The normalized spacial score (nSPS) is 17.7. The lowest BCUT2D eigenvalue weighted by molar-refractivity contribution is -0.136. The fourth-order valence-corrected chi connectivity index (χ4v) is 4.42. The number of amides is 1. The number of hydrogen-bond acceptors (Lipinski definition) is 3. The van der Waals surface area contributed by atoms with Gasteiger partial charge >= 0.3 is 0 Å². The van der Waals surface area contributed by atoms with Crippen LogP contribution in [0, 0.1) is 6.92 Å². The maximum absolute atomic E-state index is 13.5. The van der Waals surface area contributed by atoms with Crippen LogP contribution in [0.1, 0.15) is 58.8 Å². The quantitative estimate of drug-likeness (QED) is 0.487. The molecule has 3 aromatic carbocycles. The molecule has 3 aromatic rings. The highest BCUT2D eigenvalue weighted by Crippen LogP contribution is 2.45. The molecule has 5 heteroatoms. The van der Waals surface area contributed by atoms with E-state index in [1.54, 1.807) is 18.2 Å². The zero-order chi connectivity index (χ0) is 23.0. The van der Waals surface area contributed by atoms with Crippen LogP contribution >= 0.6 is 11.6 Å². The Morgan fingerprint density at radius 2 is 1.78 bits per heavy atom. The Bertz CT molecular complexity index is 1190. The molecule has 4 rings (SSSR count). The van der Waals surface area contributed by atoms with Gasteiger partial charge in [0.15, 0.2) is 11.4 Å². The molecule has 32 heavy (non-hydrogen) atoms. The first-order chi connectivity index (χ1) is 15.2. The van der Waals surface area contributed by atoms with Gasteiger partial charge in [0.05, 0.1) is 18.7 Å². The molecule has 1 heterocycles. The molecule has 4 nitrogen and oxygen atoms in total. The third kappa shape index (κ3) is 3.96. The molecule has 0 bridgehead atoms. The maximum Gasteiger partial charge on any atom is 0.264 e. The number of hydrogen-bond donors (Lipinski definition) is 1. The highest BCUT2D eigenvalue weighted by molar-refractivity contribution is 6.31. The molecule has 1 aliphatic rings. The third-order valence-electron chi connectivity index (χ3n) is 6.12. The third-order valence-corrected chi connectivity index (χ3v) is 6.36. The van der Waals surface area contributed by atoms with Gasteiger partial charge in [0.25, 0.3) is 5.91 Å². The first-order valence-electron chi connectivity index (χ1n) is 10.7. The molecule has 0 aliphatic carbocycles. The van der Waals surface area contributed by atoms with E-state index < -0.39 is 11.5 Å². The van der Waals surface area contributed by atoms with Crippen LogP contribution in [-0.4, -0.2) is 16.8 Å². The molecule has 0 fully saturated rings. The van der Waals surface area contributed by atoms with E-state index in [-0.39, 0.29) is 18.1 Å². The molecule has 0 aromatic heterocycles. The summed E-state index contributed by atoms with van der Waals surface area (Å²) in [5.74, 6) is -0.516. The molecule has 0 radical (unpaired) electrons. The Kier molecular flexibility index (Phi) is 5.93. The summed E-state index contributed by atoms with van der Waals surface area (Å²) in [6.45, 7) is 6.29. The van der Waals surface area contributed by atoms with Crippen molar-refractivity contribution in [1.82, 2.24) is 0 Å². The Labute approximate surface area is 193 Å². The Balaban J connectivity index is 1.72. The van der Waals surface area contributed by atoms with E-state index >= 15 is 0 Å². The van der Waals surface area contributed by atoms with Crippen LogP contribution in [0.15, 0.2) is 66.7 Å².